The van der Waals surface area contributed by atoms with Gasteiger partial charge in [0.05, 0.1) is 12.2 Å². The van der Waals surface area contributed by atoms with E-state index in [0.717, 1.165) is 6.20 Å². The fraction of sp³-hybridized carbons (Fsp3) is 0.143. The van der Waals surface area contributed by atoms with Crippen molar-refractivity contribution >= 4 is 17.6 Å². The number of ether oxygens (including phenoxy) is 1. The summed E-state index contributed by atoms with van der Waals surface area (Å²) in [6.07, 6.45) is 2.69. The lowest BCUT2D eigenvalue weighted by Crippen LogP contribution is -2.15. The zero-order valence-electron chi connectivity index (χ0n) is 11.2. The Morgan fingerprint density at radius 3 is 2.71 bits per heavy atom. The first kappa shape index (κ1) is 14.4. The van der Waals surface area contributed by atoms with Gasteiger partial charge in [-0.1, -0.05) is 0 Å². The van der Waals surface area contributed by atoms with Crippen LogP contribution in [0.2, 0.25) is 0 Å². The minimum Gasteiger partial charge on any atom is -0.478 e. The summed E-state index contributed by atoms with van der Waals surface area (Å²) in [6, 6.07) is 5.98. The zero-order chi connectivity index (χ0) is 15.2. The number of pyridine rings is 2. The van der Waals surface area contributed by atoms with Gasteiger partial charge in [0, 0.05) is 12.4 Å². The maximum Gasteiger partial charge on any atom is 0.337 e. The van der Waals surface area contributed by atoms with E-state index in [1.807, 2.05) is 6.92 Å². The molecule has 7 heteroatoms. The van der Waals surface area contributed by atoms with Crippen LogP contribution in [0.3, 0.4) is 0 Å². The lowest BCUT2D eigenvalue weighted by Gasteiger charge is -2.09. The number of carboxylic acid groups (broad SMARTS) is 1. The third-order valence-corrected chi connectivity index (χ3v) is 2.54. The van der Waals surface area contributed by atoms with Gasteiger partial charge in [-0.25, -0.2) is 9.78 Å². The van der Waals surface area contributed by atoms with Crippen molar-refractivity contribution in [1.82, 2.24) is 9.97 Å². The predicted molar refractivity (Wildman–Crippen MR) is 74.6 cm³/mol. The molecule has 0 bridgehead atoms. The van der Waals surface area contributed by atoms with Crippen LogP contribution in [0.15, 0.2) is 36.7 Å². The van der Waals surface area contributed by atoms with Gasteiger partial charge in [-0.2, -0.15) is 0 Å². The first-order valence-electron chi connectivity index (χ1n) is 6.20. The van der Waals surface area contributed by atoms with Crippen LogP contribution in [0.1, 0.15) is 27.8 Å². The molecule has 0 atom stereocenters. The Morgan fingerprint density at radius 1 is 1.29 bits per heavy atom. The molecule has 21 heavy (non-hydrogen) atoms. The van der Waals surface area contributed by atoms with Crippen molar-refractivity contribution < 1.29 is 19.4 Å². The normalized spacial score (nSPS) is 9.95. The molecule has 2 heterocycles. The molecule has 0 radical (unpaired) electrons. The molecule has 0 saturated carbocycles. The smallest absolute Gasteiger partial charge is 0.337 e. The van der Waals surface area contributed by atoms with Gasteiger partial charge < -0.3 is 15.2 Å². The number of nitrogens with zero attached hydrogens (tertiary/aromatic N) is 2. The fourth-order valence-electron chi connectivity index (χ4n) is 1.58. The third kappa shape index (κ3) is 3.53. The van der Waals surface area contributed by atoms with Gasteiger partial charge in [0.25, 0.3) is 5.91 Å². The summed E-state index contributed by atoms with van der Waals surface area (Å²) in [7, 11) is 0. The monoisotopic (exact) mass is 287 g/mol. The van der Waals surface area contributed by atoms with E-state index in [-0.39, 0.29) is 11.3 Å². The minimum atomic E-state index is -1.10. The van der Waals surface area contributed by atoms with Gasteiger partial charge in [0.15, 0.2) is 0 Å². The number of carboxylic acids is 1. The molecule has 0 aliphatic carbocycles. The average molecular weight is 287 g/mol. The molecule has 2 N–H and O–H groups in total. The third-order valence-electron chi connectivity index (χ3n) is 2.54. The van der Waals surface area contributed by atoms with E-state index in [9.17, 15) is 9.59 Å². The van der Waals surface area contributed by atoms with Crippen molar-refractivity contribution in [2.75, 3.05) is 11.9 Å². The Labute approximate surface area is 120 Å². The number of hydrogen-bond donors (Lipinski definition) is 2. The van der Waals surface area contributed by atoms with Crippen molar-refractivity contribution in [3.63, 3.8) is 0 Å². The van der Waals surface area contributed by atoms with Crippen molar-refractivity contribution in [3.8, 4) is 5.88 Å². The second-order valence-electron chi connectivity index (χ2n) is 3.98. The minimum absolute atomic E-state index is 0.0166. The second-order valence-corrected chi connectivity index (χ2v) is 3.98. The van der Waals surface area contributed by atoms with Crippen LogP contribution in [0.5, 0.6) is 5.88 Å². The number of rotatable bonds is 5. The molecule has 2 aromatic rings. The quantitative estimate of drug-likeness (QED) is 0.869. The van der Waals surface area contributed by atoms with E-state index in [2.05, 4.69) is 15.3 Å². The SMILES string of the molecule is CCOc1ncccc1NC(=O)c1ccc(C(=O)O)cn1. The van der Waals surface area contributed by atoms with Gasteiger partial charge in [-0.05, 0) is 31.2 Å². The lowest BCUT2D eigenvalue weighted by atomic mass is 10.2. The molecule has 0 aromatic carbocycles. The van der Waals surface area contributed by atoms with Crippen LogP contribution in [-0.2, 0) is 0 Å². The van der Waals surface area contributed by atoms with Crippen LogP contribution in [0, 0.1) is 0 Å². The van der Waals surface area contributed by atoms with Gasteiger partial charge >= 0.3 is 5.97 Å². The topological polar surface area (TPSA) is 101 Å². The Kier molecular flexibility index (Phi) is 4.45. The summed E-state index contributed by atoms with van der Waals surface area (Å²) in [4.78, 5) is 30.6. The Balaban J connectivity index is 2.16. The average Bonchev–Trinajstić information content (AvgIpc) is 2.49. The first-order valence-corrected chi connectivity index (χ1v) is 6.20. The lowest BCUT2D eigenvalue weighted by molar-refractivity contribution is 0.0696. The molecular formula is C14H13N3O4. The molecule has 2 aromatic heterocycles. The molecule has 1 amide bonds. The fourth-order valence-corrected chi connectivity index (χ4v) is 1.58. The Morgan fingerprint density at radius 2 is 2.10 bits per heavy atom. The number of hydrogen-bond acceptors (Lipinski definition) is 5. The Bertz CT molecular complexity index is 656. The predicted octanol–water partition coefficient (Wildman–Crippen LogP) is 1.83. The number of carbonyl (C=O) groups is 2. The molecule has 2 rings (SSSR count). The number of nitrogens with one attached hydrogen (secondary N) is 1. The van der Waals surface area contributed by atoms with Crippen molar-refractivity contribution in [1.29, 1.82) is 0 Å². The highest BCUT2D eigenvalue weighted by atomic mass is 16.5. The van der Waals surface area contributed by atoms with E-state index in [4.69, 9.17) is 9.84 Å². The van der Waals surface area contributed by atoms with Gasteiger partial charge in [-0.15, -0.1) is 0 Å². The van der Waals surface area contributed by atoms with Crippen molar-refractivity contribution in [3.05, 3.63) is 47.9 Å². The highest BCUT2D eigenvalue weighted by Crippen LogP contribution is 2.20. The number of aromatic nitrogens is 2. The first-order chi connectivity index (χ1) is 10.1. The number of aromatic carboxylic acids is 1. The summed E-state index contributed by atoms with van der Waals surface area (Å²) in [5, 5.41) is 11.4. The summed E-state index contributed by atoms with van der Waals surface area (Å²) in [6.45, 7) is 2.23. The zero-order valence-corrected chi connectivity index (χ0v) is 11.2. The summed E-state index contributed by atoms with van der Waals surface area (Å²) < 4.78 is 5.30. The van der Waals surface area contributed by atoms with Crippen LogP contribution < -0.4 is 10.1 Å². The number of amides is 1. The van der Waals surface area contributed by atoms with Gasteiger partial charge in [0.2, 0.25) is 5.88 Å². The van der Waals surface area contributed by atoms with Gasteiger partial charge in [0.1, 0.15) is 11.4 Å². The summed E-state index contributed by atoms with van der Waals surface area (Å²) >= 11 is 0. The molecule has 0 fully saturated rings. The highest BCUT2D eigenvalue weighted by molar-refractivity contribution is 6.03. The number of anilines is 1. The molecule has 108 valence electrons. The van der Waals surface area contributed by atoms with E-state index >= 15 is 0 Å². The van der Waals surface area contributed by atoms with E-state index < -0.39 is 11.9 Å². The highest BCUT2D eigenvalue weighted by Gasteiger charge is 2.12. The maximum absolute atomic E-state index is 12.0. The molecular weight excluding hydrogens is 274 g/mol. The van der Waals surface area contributed by atoms with Crippen LogP contribution in [-0.4, -0.2) is 33.6 Å². The van der Waals surface area contributed by atoms with Crippen LogP contribution in [0.25, 0.3) is 0 Å². The maximum atomic E-state index is 12.0. The molecule has 0 aliphatic rings. The van der Waals surface area contributed by atoms with E-state index in [1.165, 1.54) is 12.1 Å². The van der Waals surface area contributed by atoms with Crippen LogP contribution >= 0.6 is 0 Å². The molecule has 7 nitrogen and oxygen atoms in total. The second kappa shape index (κ2) is 6.47. The Hall–Kier alpha value is -2.96. The molecule has 0 spiro atoms. The molecule has 0 unspecified atom stereocenters. The van der Waals surface area contributed by atoms with E-state index in [0.29, 0.717) is 18.2 Å². The van der Waals surface area contributed by atoms with Crippen molar-refractivity contribution in [2.45, 2.75) is 6.92 Å². The largest absolute Gasteiger partial charge is 0.478 e. The molecule has 0 saturated heterocycles. The standard InChI is InChI=1S/C14H13N3O4/c1-2-21-13-11(4-3-7-15-13)17-12(18)10-6-5-9(8-16-10)14(19)20/h3-8H,2H2,1H3,(H,17,18)(H,19,20). The summed E-state index contributed by atoms with van der Waals surface area (Å²) in [5.74, 6) is -1.25. The van der Waals surface area contributed by atoms with Gasteiger partial charge in [-0.3, -0.25) is 9.78 Å². The van der Waals surface area contributed by atoms with E-state index in [1.54, 1.807) is 18.3 Å². The number of carbonyl (C=O) groups excluding carboxylic acids is 1. The molecule has 0 aliphatic heterocycles. The van der Waals surface area contributed by atoms with Crippen molar-refractivity contribution in [2.24, 2.45) is 0 Å². The van der Waals surface area contributed by atoms with Crippen LogP contribution in [0.4, 0.5) is 5.69 Å². The summed E-state index contributed by atoms with van der Waals surface area (Å²) in [5.41, 5.74) is 0.544.